The number of aromatic nitrogens is 3. The number of aryl methyl sites for hydroxylation is 1. The average molecular weight is 465 g/mol. The zero-order valence-corrected chi connectivity index (χ0v) is 19.2. The van der Waals surface area contributed by atoms with Gasteiger partial charge in [-0.3, -0.25) is 4.79 Å². The van der Waals surface area contributed by atoms with Crippen LogP contribution in [0.5, 0.6) is 0 Å². The molecule has 0 saturated carbocycles. The Morgan fingerprint density at radius 3 is 2.91 bits per heavy atom. The molecule has 6 rings (SSSR count). The van der Waals surface area contributed by atoms with Gasteiger partial charge in [0.25, 0.3) is 0 Å². The maximum atomic E-state index is 13.9. The van der Waals surface area contributed by atoms with Crippen molar-refractivity contribution in [2.75, 3.05) is 30.0 Å². The Morgan fingerprint density at radius 1 is 1.21 bits per heavy atom. The van der Waals surface area contributed by atoms with Crippen molar-refractivity contribution in [3.8, 4) is 0 Å². The molecular formula is C24H29FN8O. The summed E-state index contributed by atoms with van der Waals surface area (Å²) in [4.78, 5) is 22.6. The zero-order chi connectivity index (χ0) is 23.4. The Labute approximate surface area is 197 Å². The van der Waals surface area contributed by atoms with Crippen LogP contribution in [-0.2, 0) is 4.79 Å². The first kappa shape index (κ1) is 21.3. The molecule has 10 heteroatoms. The molecule has 1 aromatic carbocycles. The van der Waals surface area contributed by atoms with Crippen LogP contribution in [0.2, 0.25) is 0 Å². The van der Waals surface area contributed by atoms with Crippen LogP contribution in [0.1, 0.15) is 54.6 Å². The van der Waals surface area contributed by atoms with Crippen molar-refractivity contribution >= 4 is 23.1 Å². The molecule has 1 amide bonds. The van der Waals surface area contributed by atoms with Crippen LogP contribution in [0.15, 0.2) is 30.5 Å². The number of rotatable bonds is 3. The molecule has 178 valence electrons. The Morgan fingerprint density at radius 2 is 2.09 bits per heavy atom. The van der Waals surface area contributed by atoms with Gasteiger partial charge in [-0.05, 0) is 50.8 Å². The maximum Gasteiger partial charge on any atom is 0.246 e. The third-order valence-electron chi connectivity index (χ3n) is 7.20. The number of nitrogens with one attached hydrogen (secondary N) is 2. The van der Waals surface area contributed by atoms with Gasteiger partial charge in [0.2, 0.25) is 5.91 Å². The van der Waals surface area contributed by atoms with E-state index in [2.05, 4.69) is 15.8 Å². The van der Waals surface area contributed by atoms with Crippen molar-refractivity contribution < 1.29 is 9.18 Å². The summed E-state index contributed by atoms with van der Waals surface area (Å²) in [6.07, 6.45) is 5.75. The van der Waals surface area contributed by atoms with Crippen LogP contribution in [0.4, 0.5) is 15.9 Å². The van der Waals surface area contributed by atoms with E-state index in [0.29, 0.717) is 12.1 Å². The Hall–Kier alpha value is -3.24. The van der Waals surface area contributed by atoms with Crippen molar-refractivity contribution in [3.05, 3.63) is 53.1 Å². The fraction of sp³-hybridized carbons (Fsp3) is 0.458. The minimum atomic E-state index is -0.630. The molecule has 2 aromatic heterocycles. The normalized spacial score (nSPS) is 24.5. The number of amides is 1. The number of fused-ring (bicyclic) bond motifs is 2. The van der Waals surface area contributed by atoms with Crippen molar-refractivity contribution in [1.82, 2.24) is 24.9 Å². The molecule has 3 aliphatic rings. The topological polar surface area (TPSA) is 104 Å². The number of nitrogens with two attached hydrogens (primary N) is 1. The van der Waals surface area contributed by atoms with E-state index in [1.165, 1.54) is 12.1 Å². The zero-order valence-electron chi connectivity index (χ0n) is 19.2. The SMILES string of the molecule is Cc1cn2nc([C@@H]3CCCCN3C(=O)C3NNc4ccc(F)cc43)cc2nc1N1CC[C@H](N)C1. The first-order valence-electron chi connectivity index (χ1n) is 12.0. The molecule has 2 fully saturated rings. The van der Waals surface area contributed by atoms with E-state index < -0.39 is 6.04 Å². The van der Waals surface area contributed by atoms with Crippen LogP contribution in [0, 0.1) is 12.7 Å². The van der Waals surface area contributed by atoms with Gasteiger partial charge in [-0.15, -0.1) is 0 Å². The lowest BCUT2D eigenvalue weighted by Crippen LogP contribution is -2.44. The predicted molar refractivity (Wildman–Crippen MR) is 127 cm³/mol. The summed E-state index contributed by atoms with van der Waals surface area (Å²) < 4.78 is 15.7. The van der Waals surface area contributed by atoms with Gasteiger partial charge >= 0.3 is 0 Å². The molecule has 2 saturated heterocycles. The molecule has 0 radical (unpaired) electrons. The Kier molecular flexibility index (Phi) is 5.14. The quantitative estimate of drug-likeness (QED) is 0.547. The summed E-state index contributed by atoms with van der Waals surface area (Å²) >= 11 is 0. The van der Waals surface area contributed by atoms with E-state index in [0.717, 1.165) is 67.2 Å². The number of hydrazine groups is 1. The van der Waals surface area contributed by atoms with Crippen LogP contribution >= 0.6 is 0 Å². The monoisotopic (exact) mass is 464 g/mol. The average Bonchev–Trinajstić information content (AvgIpc) is 3.55. The van der Waals surface area contributed by atoms with Crippen molar-refractivity contribution in [2.45, 2.75) is 50.7 Å². The number of halogens is 1. The van der Waals surface area contributed by atoms with Gasteiger partial charge in [0.1, 0.15) is 17.7 Å². The molecule has 9 nitrogen and oxygen atoms in total. The number of nitrogens with zero attached hydrogens (tertiary/aromatic N) is 5. The number of carbonyl (C=O) groups excluding carboxylic acids is 1. The molecule has 3 aliphatic heterocycles. The molecule has 34 heavy (non-hydrogen) atoms. The first-order valence-corrected chi connectivity index (χ1v) is 12.0. The predicted octanol–water partition coefficient (Wildman–Crippen LogP) is 2.44. The van der Waals surface area contributed by atoms with Crippen molar-refractivity contribution in [2.24, 2.45) is 5.73 Å². The summed E-state index contributed by atoms with van der Waals surface area (Å²) in [6.45, 7) is 4.39. The fourth-order valence-corrected chi connectivity index (χ4v) is 5.46. The van der Waals surface area contributed by atoms with Crippen LogP contribution < -0.4 is 21.5 Å². The summed E-state index contributed by atoms with van der Waals surface area (Å²) in [5.41, 5.74) is 16.2. The number of anilines is 2. The molecule has 1 unspecified atom stereocenters. The number of benzene rings is 1. The molecule has 3 aromatic rings. The van der Waals surface area contributed by atoms with Crippen molar-refractivity contribution in [3.63, 3.8) is 0 Å². The number of carbonyl (C=O) groups is 1. The number of likely N-dealkylation sites (tertiary alicyclic amines) is 1. The summed E-state index contributed by atoms with van der Waals surface area (Å²) in [5.74, 6) is 0.520. The van der Waals surface area contributed by atoms with Gasteiger partial charge in [0.15, 0.2) is 5.65 Å². The molecule has 0 aliphatic carbocycles. The number of piperidine rings is 1. The van der Waals surface area contributed by atoms with E-state index >= 15 is 0 Å². The van der Waals surface area contributed by atoms with Gasteiger partial charge < -0.3 is 21.0 Å². The van der Waals surface area contributed by atoms with Gasteiger partial charge in [-0.25, -0.2) is 19.3 Å². The van der Waals surface area contributed by atoms with E-state index in [1.54, 1.807) is 6.07 Å². The Bertz CT molecular complexity index is 1260. The molecule has 4 N–H and O–H groups in total. The third-order valence-corrected chi connectivity index (χ3v) is 7.20. The van der Waals surface area contributed by atoms with Gasteiger partial charge in [0, 0.05) is 49.1 Å². The summed E-state index contributed by atoms with van der Waals surface area (Å²) in [5, 5.41) is 4.82. The molecule has 3 atom stereocenters. The standard InChI is InChI=1S/C24H29FN8O/c1-14-12-33-21(27-23(14)31-9-7-16(26)13-31)11-19(30-33)20-4-2-3-8-32(20)24(34)22-17-10-15(25)5-6-18(17)28-29-22/h5-6,10-12,16,20,22,28-29H,2-4,7-9,13,26H2,1H3/t16-,20-,22?/m0/s1. The van der Waals surface area contributed by atoms with Gasteiger partial charge in [-0.1, -0.05) is 0 Å². The van der Waals surface area contributed by atoms with Crippen LogP contribution in [0.3, 0.4) is 0 Å². The summed E-state index contributed by atoms with van der Waals surface area (Å²) in [7, 11) is 0. The second kappa shape index (κ2) is 8.21. The minimum absolute atomic E-state index is 0.0745. The first-order chi connectivity index (χ1) is 16.5. The second-order valence-corrected chi connectivity index (χ2v) is 9.59. The molecule has 5 heterocycles. The Balaban J connectivity index is 1.31. The van der Waals surface area contributed by atoms with Gasteiger partial charge in [0.05, 0.1) is 17.4 Å². The largest absolute Gasteiger partial charge is 0.355 e. The highest BCUT2D eigenvalue weighted by Gasteiger charge is 2.37. The van der Waals surface area contributed by atoms with E-state index in [1.807, 2.05) is 28.6 Å². The molecular weight excluding hydrogens is 435 g/mol. The highest BCUT2D eigenvalue weighted by Crippen LogP contribution is 2.36. The lowest BCUT2D eigenvalue weighted by atomic mass is 9.97. The van der Waals surface area contributed by atoms with Crippen LogP contribution in [-0.4, -0.2) is 51.1 Å². The molecule has 0 spiro atoms. The number of hydrogen-bond acceptors (Lipinski definition) is 7. The van der Waals surface area contributed by atoms with Crippen molar-refractivity contribution in [1.29, 1.82) is 0 Å². The number of hydrogen-bond donors (Lipinski definition) is 3. The lowest BCUT2D eigenvalue weighted by Gasteiger charge is -2.36. The smallest absolute Gasteiger partial charge is 0.246 e. The third kappa shape index (κ3) is 3.57. The van der Waals surface area contributed by atoms with E-state index in [9.17, 15) is 9.18 Å². The minimum Gasteiger partial charge on any atom is -0.355 e. The maximum absolute atomic E-state index is 13.9. The fourth-order valence-electron chi connectivity index (χ4n) is 5.46. The molecule has 0 bridgehead atoms. The lowest BCUT2D eigenvalue weighted by molar-refractivity contribution is -0.137. The highest BCUT2D eigenvalue weighted by atomic mass is 19.1. The van der Waals surface area contributed by atoms with E-state index in [-0.39, 0.29) is 23.8 Å². The highest BCUT2D eigenvalue weighted by molar-refractivity contribution is 5.87. The van der Waals surface area contributed by atoms with Gasteiger partial charge in [-0.2, -0.15) is 5.10 Å². The second-order valence-electron chi connectivity index (χ2n) is 9.59. The van der Waals surface area contributed by atoms with E-state index in [4.69, 9.17) is 15.8 Å². The van der Waals surface area contributed by atoms with Crippen LogP contribution in [0.25, 0.3) is 5.65 Å². The summed E-state index contributed by atoms with van der Waals surface area (Å²) in [6, 6.07) is 5.86.